The van der Waals surface area contributed by atoms with Gasteiger partial charge in [0.2, 0.25) is 0 Å². The quantitative estimate of drug-likeness (QED) is 0.699. The monoisotopic (exact) mass is 231 g/mol. The lowest BCUT2D eigenvalue weighted by atomic mass is 9.87. The van der Waals surface area contributed by atoms with E-state index in [-0.39, 0.29) is 5.41 Å². The summed E-state index contributed by atoms with van der Waals surface area (Å²) in [6.07, 6.45) is 1.30. The van der Waals surface area contributed by atoms with Gasteiger partial charge in [-0.2, -0.15) is 0 Å². The number of hydrogen-bond acceptors (Lipinski definition) is 1. The Balaban J connectivity index is 2.14. The fraction of sp³-hybridized carbons (Fsp3) is 0.625. The second-order valence-electron chi connectivity index (χ2n) is 7.13. The van der Waals surface area contributed by atoms with Gasteiger partial charge in [0.25, 0.3) is 0 Å². The molecule has 1 nitrogen and oxygen atoms in total. The Morgan fingerprint density at radius 2 is 1.65 bits per heavy atom. The van der Waals surface area contributed by atoms with E-state index >= 15 is 0 Å². The first-order valence-corrected chi connectivity index (χ1v) is 6.63. The minimum atomic E-state index is 0.253. The molecule has 17 heavy (non-hydrogen) atoms. The highest BCUT2D eigenvalue weighted by Gasteiger charge is 2.29. The highest BCUT2D eigenvalue weighted by molar-refractivity contribution is 5.49. The van der Waals surface area contributed by atoms with Crippen molar-refractivity contribution in [1.82, 2.24) is 0 Å². The molecule has 0 radical (unpaired) electrons. The topological polar surface area (TPSA) is 3.24 Å². The fourth-order valence-electron chi connectivity index (χ4n) is 2.51. The van der Waals surface area contributed by atoms with Crippen LogP contribution in [0.15, 0.2) is 24.3 Å². The van der Waals surface area contributed by atoms with Crippen molar-refractivity contribution >= 4 is 5.69 Å². The molecule has 2 rings (SSSR count). The second-order valence-corrected chi connectivity index (χ2v) is 7.13. The summed E-state index contributed by atoms with van der Waals surface area (Å²) in [6, 6.07) is 9.12. The molecule has 1 saturated heterocycles. The van der Waals surface area contributed by atoms with Crippen LogP contribution < -0.4 is 4.90 Å². The highest BCUT2D eigenvalue weighted by atomic mass is 15.2. The van der Waals surface area contributed by atoms with Crippen LogP contribution in [0, 0.1) is 5.41 Å². The van der Waals surface area contributed by atoms with Gasteiger partial charge in [-0.1, -0.05) is 46.8 Å². The Morgan fingerprint density at radius 3 is 2.06 bits per heavy atom. The highest BCUT2D eigenvalue weighted by Crippen LogP contribution is 2.33. The molecule has 0 aromatic heterocycles. The van der Waals surface area contributed by atoms with Crippen molar-refractivity contribution in [3.8, 4) is 0 Å². The summed E-state index contributed by atoms with van der Waals surface area (Å²) >= 11 is 0. The van der Waals surface area contributed by atoms with E-state index in [1.807, 2.05) is 0 Å². The van der Waals surface area contributed by atoms with Crippen molar-refractivity contribution in [2.45, 2.75) is 46.5 Å². The lowest BCUT2D eigenvalue weighted by Crippen LogP contribution is -2.22. The van der Waals surface area contributed by atoms with Crippen LogP contribution in [0.1, 0.15) is 46.6 Å². The third kappa shape index (κ3) is 2.83. The molecule has 0 saturated carbocycles. The largest absolute Gasteiger partial charge is 0.371 e. The third-order valence-corrected chi connectivity index (χ3v) is 3.78. The number of benzene rings is 1. The molecule has 1 aliphatic heterocycles. The Bertz CT molecular complexity index is 381. The van der Waals surface area contributed by atoms with Gasteiger partial charge < -0.3 is 4.90 Å². The number of nitrogens with zero attached hydrogens (tertiary/aromatic N) is 1. The van der Waals surface area contributed by atoms with Crippen molar-refractivity contribution < 1.29 is 0 Å². The van der Waals surface area contributed by atoms with Crippen LogP contribution in [0.25, 0.3) is 0 Å². The number of anilines is 1. The van der Waals surface area contributed by atoms with Gasteiger partial charge in [-0.05, 0) is 34.9 Å². The molecule has 0 atom stereocenters. The molecular weight excluding hydrogens is 206 g/mol. The average Bonchev–Trinajstić information content (AvgIpc) is 2.58. The fourth-order valence-corrected chi connectivity index (χ4v) is 2.51. The smallest absolute Gasteiger partial charge is 0.0366 e. The van der Waals surface area contributed by atoms with Crippen molar-refractivity contribution in [2.24, 2.45) is 5.41 Å². The van der Waals surface area contributed by atoms with Crippen LogP contribution in [0.3, 0.4) is 0 Å². The summed E-state index contributed by atoms with van der Waals surface area (Å²) in [7, 11) is 0. The van der Waals surface area contributed by atoms with Gasteiger partial charge in [0, 0.05) is 18.8 Å². The van der Waals surface area contributed by atoms with Crippen LogP contribution in [0.4, 0.5) is 5.69 Å². The first-order valence-electron chi connectivity index (χ1n) is 6.63. The molecule has 0 spiro atoms. The average molecular weight is 231 g/mol. The molecule has 1 heteroatoms. The summed E-state index contributed by atoms with van der Waals surface area (Å²) in [5.41, 5.74) is 3.52. The first kappa shape index (κ1) is 12.5. The molecule has 1 aliphatic rings. The van der Waals surface area contributed by atoms with Gasteiger partial charge in [-0.15, -0.1) is 0 Å². The summed E-state index contributed by atoms with van der Waals surface area (Å²) in [6.45, 7) is 13.9. The molecule has 0 bridgehead atoms. The molecule has 0 amide bonds. The van der Waals surface area contributed by atoms with E-state index in [0.717, 1.165) is 0 Å². The summed E-state index contributed by atoms with van der Waals surface area (Å²) in [4.78, 5) is 2.51. The Kier molecular flexibility index (Phi) is 2.97. The summed E-state index contributed by atoms with van der Waals surface area (Å²) < 4.78 is 0. The van der Waals surface area contributed by atoms with E-state index < -0.39 is 0 Å². The molecule has 1 heterocycles. The molecule has 0 N–H and O–H groups in total. The van der Waals surface area contributed by atoms with E-state index in [4.69, 9.17) is 0 Å². The normalized spacial score (nSPS) is 19.7. The molecule has 94 valence electrons. The van der Waals surface area contributed by atoms with E-state index in [1.165, 1.54) is 30.8 Å². The van der Waals surface area contributed by atoms with Crippen molar-refractivity contribution in [3.05, 3.63) is 29.8 Å². The second kappa shape index (κ2) is 4.04. The molecule has 0 aliphatic carbocycles. The number of hydrogen-bond donors (Lipinski definition) is 0. The summed E-state index contributed by atoms with van der Waals surface area (Å²) in [5.74, 6) is 0. The van der Waals surface area contributed by atoms with E-state index in [0.29, 0.717) is 5.41 Å². The van der Waals surface area contributed by atoms with Gasteiger partial charge in [0.15, 0.2) is 0 Å². The lowest BCUT2D eigenvalue weighted by Gasteiger charge is -2.24. The van der Waals surface area contributed by atoms with Crippen LogP contribution in [-0.4, -0.2) is 13.1 Å². The Hall–Kier alpha value is -0.980. The molecule has 1 fully saturated rings. The Labute approximate surface area is 106 Å². The maximum absolute atomic E-state index is 2.51. The Morgan fingerprint density at radius 1 is 1.06 bits per heavy atom. The maximum atomic E-state index is 2.51. The predicted octanol–water partition coefficient (Wildman–Crippen LogP) is 4.22. The predicted molar refractivity (Wildman–Crippen MR) is 75.8 cm³/mol. The minimum absolute atomic E-state index is 0.253. The first-order chi connectivity index (χ1) is 7.78. The van der Waals surface area contributed by atoms with Gasteiger partial charge in [-0.25, -0.2) is 0 Å². The van der Waals surface area contributed by atoms with Gasteiger partial charge in [0.05, 0.1) is 0 Å². The summed E-state index contributed by atoms with van der Waals surface area (Å²) in [5, 5.41) is 0. The van der Waals surface area contributed by atoms with Crippen LogP contribution >= 0.6 is 0 Å². The van der Waals surface area contributed by atoms with Gasteiger partial charge in [-0.3, -0.25) is 0 Å². The van der Waals surface area contributed by atoms with Crippen molar-refractivity contribution in [2.75, 3.05) is 18.0 Å². The zero-order valence-corrected chi connectivity index (χ0v) is 11.9. The third-order valence-electron chi connectivity index (χ3n) is 3.78. The van der Waals surface area contributed by atoms with Gasteiger partial charge >= 0.3 is 0 Å². The standard InChI is InChI=1S/C16H25N/c1-15(2,3)13-6-8-14(9-7-13)17-11-10-16(4,5)12-17/h6-9H,10-12H2,1-5H3. The molecule has 1 aromatic carbocycles. The zero-order chi connectivity index (χ0) is 12.7. The molecule has 1 aromatic rings. The van der Waals surface area contributed by atoms with Crippen LogP contribution in [-0.2, 0) is 5.41 Å². The van der Waals surface area contributed by atoms with E-state index in [2.05, 4.69) is 63.8 Å². The molecule has 0 unspecified atom stereocenters. The van der Waals surface area contributed by atoms with E-state index in [1.54, 1.807) is 0 Å². The zero-order valence-electron chi connectivity index (χ0n) is 11.9. The molecular formula is C16H25N. The van der Waals surface area contributed by atoms with Crippen LogP contribution in [0.5, 0.6) is 0 Å². The lowest BCUT2D eigenvalue weighted by molar-refractivity contribution is 0.418. The minimum Gasteiger partial charge on any atom is -0.371 e. The van der Waals surface area contributed by atoms with Gasteiger partial charge in [0.1, 0.15) is 0 Å². The van der Waals surface area contributed by atoms with E-state index in [9.17, 15) is 0 Å². The SMILES string of the molecule is CC1(C)CCN(c2ccc(C(C)(C)C)cc2)C1. The van der Waals surface area contributed by atoms with Crippen molar-refractivity contribution in [3.63, 3.8) is 0 Å². The van der Waals surface area contributed by atoms with Crippen LogP contribution in [0.2, 0.25) is 0 Å². The van der Waals surface area contributed by atoms with Crippen molar-refractivity contribution in [1.29, 1.82) is 0 Å². The maximum Gasteiger partial charge on any atom is 0.0366 e. The number of rotatable bonds is 1.